The molecule has 0 saturated heterocycles. The van der Waals surface area contributed by atoms with Crippen LogP contribution in [0.3, 0.4) is 0 Å². The maximum absolute atomic E-state index is 5.92. The van der Waals surface area contributed by atoms with Crippen LogP contribution in [0.2, 0.25) is 0 Å². The van der Waals surface area contributed by atoms with Gasteiger partial charge < -0.3 is 5.73 Å². The Morgan fingerprint density at radius 1 is 0.941 bits per heavy atom. The molecule has 17 heavy (non-hydrogen) atoms. The molecule has 2 aromatic rings. The van der Waals surface area contributed by atoms with Crippen molar-refractivity contribution < 1.29 is 0 Å². The second-order valence-corrected chi connectivity index (χ2v) is 4.54. The highest BCUT2D eigenvalue weighted by Crippen LogP contribution is 2.14. The zero-order valence-electron chi connectivity index (χ0n) is 10.3. The lowest BCUT2D eigenvalue weighted by Gasteiger charge is -2.05. The van der Waals surface area contributed by atoms with Gasteiger partial charge in [-0.25, -0.2) is 0 Å². The summed E-state index contributed by atoms with van der Waals surface area (Å²) in [6, 6.07) is 16.8. The molecule has 0 aliphatic carbocycles. The van der Waals surface area contributed by atoms with Crippen LogP contribution < -0.4 is 5.73 Å². The van der Waals surface area contributed by atoms with E-state index in [9.17, 15) is 0 Å². The minimum Gasteiger partial charge on any atom is -0.399 e. The van der Waals surface area contributed by atoms with E-state index >= 15 is 0 Å². The minimum atomic E-state index is 0.914. The van der Waals surface area contributed by atoms with Gasteiger partial charge in [0.05, 0.1) is 0 Å². The Morgan fingerprint density at radius 3 is 2.53 bits per heavy atom. The minimum absolute atomic E-state index is 0.914. The van der Waals surface area contributed by atoms with Crippen molar-refractivity contribution in [3.63, 3.8) is 0 Å². The molecular weight excluding hydrogens is 206 g/mol. The molecule has 2 rings (SSSR count). The van der Waals surface area contributed by atoms with Gasteiger partial charge in [0.1, 0.15) is 0 Å². The van der Waals surface area contributed by atoms with Gasteiger partial charge in [0.15, 0.2) is 0 Å². The van der Waals surface area contributed by atoms with Crippen LogP contribution in [0.4, 0.5) is 5.69 Å². The lowest BCUT2D eigenvalue weighted by atomic mass is 10.0. The first-order chi connectivity index (χ1) is 8.25. The lowest BCUT2D eigenvalue weighted by molar-refractivity contribution is 0.821. The molecular formula is C16H19N. The Bertz CT molecular complexity index is 488. The largest absolute Gasteiger partial charge is 0.399 e. The highest BCUT2D eigenvalue weighted by molar-refractivity contribution is 5.46. The maximum Gasteiger partial charge on any atom is 0.0346 e. The van der Waals surface area contributed by atoms with Crippen molar-refractivity contribution in [2.45, 2.75) is 26.2 Å². The van der Waals surface area contributed by atoms with Gasteiger partial charge in [0, 0.05) is 5.69 Å². The molecule has 0 aromatic heterocycles. The number of hydrogen-bond donors (Lipinski definition) is 1. The Balaban J connectivity index is 1.90. The molecule has 2 N–H and O–H groups in total. The molecule has 0 aliphatic heterocycles. The standard InChI is InChI=1S/C16H19N/c1-13-6-4-7-14(12-13)8-5-10-15-9-2-3-11-16(15)17/h2-4,6-7,9,11-12H,5,8,10,17H2,1H3. The van der Waals surface area contributed by atoms with Gasteiger partial charge in [-0.15, -0.1) is 0 Å². The number of aryl methyl sites for hydroxylation is 3. The van der Waals surface area contributed by atoms with E-state index in [-0.39, 0.29) is 0 Å². The number of benzene rings is 2. The lowest BCUT2D eigenvalue weighted by Crippen LogP contribution is -1.95. The summed E-state index contributed by atoms with van der Waals surface area (Å²) in [5.74, 6) is 0. The molecule has 0 saturated carbocycles. The molecule has 0 aliphatic rings. The van der Waals surface area contributed by atoms with Crippen LogP contribution in [0.25, 0.3) is 0 Å². The molecule has 0 unspecified atom stereocenters. The van der Waals surface area contributed by atoms with E-state index in [1.807, 2.05) is 12.1 Å². The first-order valence-corrected chi connectivity index (χ1v) is 6.14. The third-order valence-corrected chi connectivity index (χ3v) is 3.05. The summed E-state index contributed by atoms with van der Waals surface area (Å²) in [5.41, 5.74) is 10.9. The van der Waals surface area contributed by atoms with Crippen molar-refractivity contribution in [3.8, 4) is 0 Å². The van der Waals surface area contributed by atoms with Gasteiger partial charge in [-0.05, 0) is 43.4 Å². The zero-order valence-corrected chi connectivity index (χ0v) is 10.3. The number of para-hydroxylation sites is 1. The first kappa shape index (κ1) is 11.7. The molecule has 2 aromatic carbocycles. The molecule has 0 atom stereocenters. The molecule has 0 amide bonds. The van der Waals surface area contributed by atoms with Crippen LogP contribution in [0.1, 0.15) is 23.1 Å². The van der Waals surface area contributed by atoms with Crippen molar-refractivity contribution >= 4 is 5.69 Å². The SMILES string of the molecule is Cc1cccc(CCCc2ccccc2N)c1. The van der Waals surface area contributed by atoms with Gasteiger partial charge in [0.25, 0.3) is 0 Å². The molecule has 0 radical (unpaired) electrons. The van der Waals surface area contributed by atoms with Crippen molar-refractivity contribution in [1.29, 1.82) is 0 Å². The summed E-state index contributed by atoms with van der Waals surface area (Å²) in [5, 5.41) is 0. The number of hydrogen-bond acceptors (Lipinski definition) is 1. The van der Waals surface area contributed by atoms with E-state index in [4.69, 9.17) is 5.73 Å². The van der Waals surface area contributed by atoms with E-state index in [0.29, 0.717) is 0 Å². The van der Waals surface area contributed by atoms with Crippen molar-refractivity contribution in [2.75, 3.05) is 5.73 Å². The fourth-order valence-electron chi connectivity index (χ4n) is 2.11. The van der Waals surface area contributed by atoms with Gasteiger partial charge in [0.2, 0.25) is 0 Å². The van der Waals surface area contributed by atoms with Crippen molar-refractivity contribution in [3.05, 3.63) is 65.2 Å². The number of nitrogen functional groups attached to an aromatic ring is 1. The zero-order chi connectivity index (χ0) is 12.1. The second-order valence-electron chi connectivity index (χ2n) is 4.54. The summed E-state index contributed by atoms with van der Waals surface area (Å²) in [4.78, 5) is 0. The molecule has 0 spiro atoms. The van der Waals surface area contributed by atoms with E-state index in [1.165, 1.54) is 16.7 Å². The monoisotopic (exact) mass is 225 g/mol. The summed E-state index contributed by atoms with van der Waals surface area (Å²) in [7, 11) is 0. The van der Waals surface area contributed by atoms with E-state index in [2.05, 4.69) is 43.3 Å². The number of anilines is 1. The topological polar surface area (TPSA) is 26.0 Å². The number of rotatable bonds is 4. The second kappa shape index (κ2) is 5.53. The predicted octanol–water partition coefficient (Wildman–Crippen LogP) is 3.75. The van der Waals surface area contributed by atoms with E-state index < -0.39 is 0 Å². The average Bonchev–Trinajstić information content (AvgIpc) is 2.32. The van der Waals surface area contributed by atoms with Gasteiger partial charge >= 0.3 is 0 Å². The summed E-state index contributed by atoms with van der Waals surface area (Å²) in [6.45, 7) is 2.14. The first-order valence-electron chi connectivity index (χ1n) is 6.14. The van der Waals surface area contributed by atoms with E-state index in [1.54, 1.807) is 0 Å². The summed E-state index contributed by atoms with van der Waals surface area (Å²) < 4.78 is 0. The normalized spacial score (nSPS) is 10.4. The Morgan fingerprint density at radius 2 is 1.76 bits per heavy atom. The smallest absolute Gasteiger partial charge is 0.0346 e. The van der Waals surface area contributed by atoms with Crippen LogP contribution in [0.15, 0.2) is 48.5 Å². The highest BCUT2D eigenvalue weighted by atomic mass is 14.6. The van der Waals surface area contributed by atoms with E-state index in [0.717, 1.165) is 24.9 Å². The van der Waals surface area contributed by atoms with Crippen LogP contribution in [0.5, 0.6) is 0 Å². The van der Waals surface area contributed by atoms with Crippen molar-refractivity contribution in [1.82, 2.24) is 0 Å². The highest BCUT2D eigenvalue weighted by Gasteiger charge is 1.98. The quantitative estimate of drug-likeness (QED) is 0.788. The molecule has 1 heteroatoms. The van der Waals surface area contributed by atoms with Gasteiger partial charge in [-0.2, -0.15) is 0 Å². The number of nitrogens with two attached hydrogens (primary N) is 1. The molecule has 0 heterocycles. The van der Waals surface area contributed by atoms with Crippen molar-refractivity contribution in [2.24, 2.45) is 0 Å². The summed E-state index contributed by atoms with van der Waals surface area (Å²) in [6.07, 6.45) is 3.33. The van der Waals surface area contributed by atoms with Gasteiger partial charge in [-0.1, -0.05) is 48.0 Å². The fourth-order valence-corrected chi connectivity index (χ4v) is 2.11. The van der Waals surface area contributed by atoms with Crippen LogP contribution in [-0.2, 0) is 12.8 Å². The summed E-state index contributed by atoms with van der Waals surface area (Å²) >= 11 is 0. The third kappa shape index (κ3) is 3.35. The third-order valence-electron chi connectivity index (χ3n) is 3.05. The maximum atomic E-state index is 5.92. The Hall–Kier alpha value is -1.76. The van der Waals surface area contributed by atoms with Crippen LogP contribution in [0, 0.1) is 6.92 Å². The van der Waals surface area contributed by atoms with Gasteiger partial charge in [-0.3, -0.25) is 0 Å². The molecule has 88 valence electrons. The average molecular weight is 225 g/mol. The van der Waals surface area contributed by atoms with Crippen LogP contribution >= 0.6 is 0 Å². The van der Waals surface area contributed by atoms with Crippen LogP contribution in [-0.4, -0.2) is 0 Å². The molecule has 0 bridgehead atoms. The Labute approximate surface area is 103 Å². The predicted molar refractivity (Wildman–Crippen MR) is 74.1 cm³/mol. The Kier molecular flexibility index (Phi) is 3.81. The molecule has 1 nitrogen and oxygen atoms in total. The fraction of sp³-hybridized carbons (Fsp3) is 0.250. The molecule has 0 fully saturated rings.